The molecule has 0 saturated heterocycles. The Balaban J connectivity index is 1.85. The summed E-state index contributed by atoms with van der Waals surface area (Å²) in [6.45, 7) is 2.01. The molecule has 23 heavy (non-hydrogen) atoms. The first-order valence-corrected chi connectivity index (χ1v) is 8.94. The highest BCUT2D eigenvalue weighted by molar-refractivity contribution is 9.11. The molecule has 0 aliphatic rings. The molecule has 0 radical (unpaired) electrons. The van der Waals surface area contributed by atoms with Gasteiger partial charge in [0.25, 0.3) is 0 Å². The van der Waals surface area contributed by atoms with Crippen LogP contribution in [0.25, 0.3) is 0 Å². The molecular weight excluding hydrogens is 443 g/mol. The van der Waals surface area contributed by atoms with Crippen LogP contribution in [-0.4, -0.2) is 12.1 Å². The van der Waals surface area contributed by atoms with E-state index >= 15 is 0 Å². The summed E-state index contributed by atoms with van der Waals surface area (Å²) in [5.41, 5.74) is 5.62. The monoisotopic (exact) mass is 456 g/mol. The zero-order chi connectivity index (χ0) is 16.8. The van der Waals surface area contributed by atoms with E-state index in [-0.39, 0.29) is 5.91 Å². The van der Waals surface area contributed by atoms with Gasteiger partial charge in [-0.2, -0.15) is 5.10 Å². The normalized spacial score (nSPS) is 11.0. The average Bonchev–Trinajstić information content (AvgIpc) is 2.52. The summed E-state index contributed by atoms with van der Waals surface area (Å²) in [6, 6.07) is 11.4. The van der Waals surface area contributed by atoms with Crippen molar-refractivity contribution in [2.45, 2.75) is 19.8 Å². The zero-order valence-corrected chi connectivity index (χ0v) is 16.4. The van der Waals surface area contributed by atoms with Crippen LogP contribution in [0.5, 0.6) is 0 Å². The molecule has 0 spiro atoms. The van der Waals surface area contributed by atoms with Gasteiger partial charge in [-0.1, -0.05) is 55.6 Å². The van der Waals surface area contributed by atoms with Crippen LogP contribution < -0.4 is 5.43 Å². The van der Waals surface area contributed by atoms with Crippen molar-refractivity contribution in [2.75, 3.05) is 0 Å². The number of halogens is 3. The molecule has 0 aliphatic carbocycles. The van der Waals surface area contributed by atoms with E-state index in [0.717, 1.165) is 25.6 Å². The van der Waals surface area contributed by atoms with E-state index in [0.29, 0.717) is 17.9 Å². The van der Waals surface area contributed by atoms with Crippen LogP contribution >= 0.6 is 43.5 Å². The molecule has 0 atom stereocenters. The van der Waals surface area contributed by atoms with Crippen molar-refractivity contribution in [3.8, 4) is 0 Å². The maximum Gasteiger partial charge on any atom is 0.240 e. The standard InChI is InChI=1S/C17H15Br2ClN2O/c1-11-15(18)8-13(9-16(11)19)10-21-22-17(23)7-4-12-2-5-14(20)6-3-12/h2-3,5-6,8-10H,4,7H2,1H3,(H,22,23)/b21-10+. The van der Waals surface area contributed by atoms with E-state index in [1.54, 1.807) is 6.21 Å². The van der Waals surface area contributed by atoms with Crippen molar-refractivity contribution >= 4 is 55.6 Å². The smallest absolute Gasteiger partial charge is 0.240 e. The lowest BCUT2D eigenvalue weighted by Gasteiger charge is -2.04. The van der Waals surface area contributed by atoms with Crippen LogP contribution in [0.1, 0.15) is 23.1 Å². The van der Waals surface area contributed by atoms with Gasteiger partial charge < -0.3 is 0 Å². The maximum absolute atomic E-state index is 11.8. The van der Waals surface area contributed by atoms with Gasteiger partial charge in [-0.25, -0.2) is 5.43 Å². The van der Waals surface area contributed by atoms with Crippen LogP contribution in [0, 0.1) is 6.92 Å². The minimum Gasteiger partial charge on any atom is -0.273 e. The van der Waals surface area contributed by atoms with Crippen molar-refractivity contribution < 1.29 is 4.79 Å². The van der Waals surface area contributed by atoms with Gasteiger partial charge in [0.15, 0.2) is 0 Å². The number of hydrazone groups is 1. The lowest BCUT2D eigenvalue weighted by molar-refractivity contribution is -0.121. The molecule has 3 nitrogen and oxygen atoms in total. The van der Waals surface area contributed by atoms with E-state index in [1.165, 1.54) is 0 Å². The van der Waals surface area contributed by atoms with Gasteiger partial charge in [-0.05, 0) is 54.3 Å². The van der Waals surface area contributed by atoms with Crippen molar-refractivity contribution in [2.24, 2.45) is 5.10 Å². The zero-order valence-electron chi connectivity index (χ0n) is 12.4. The summed E-state index contributed by atoms with van der Waals surface area (Å²) >= 11 is 12.8. The minimum atomic E-state index is -0.124. The van der Waals surface area contributed by atoms with E-state index in [2.05, 4.69) is 42.4 Å². The quantitative estimate of drug-likeness (QED) is 0.482. The molecule has 2 rings (SSSR count). The van der Waals surface area contributed by atoms with Gasteiger partial charge in [0.2, 0.25) is 5.91 Å². The third-order valence-electron chi connectivity index (χ3n) is 3.26. The Hall–Kier alpha value is -1.17. The molecule has 0 aromatic heterocycles. The molecule has 2 aromatic carbocycles. The molecule has 0 saturated carbocycles. The number of carbonyl (C=O) groups excluding carboxylic acids is 1. The number of aryl methyl sites for hydroxylation is 1. The highest BCUT2D eigenvalue weighted by Crippen LogP contribution is 2.25. The summed E-state index contributed by atoms with van der Waals surface area (Å²) in [5, 5.41) is 4.69. The molecule has 1 amide bonds. The first-order chi connectivity index (χ1) is 11.0. The SMILES string of the molecule is Cc1c(Br)cc(/C=N/NC(=O)CCc2ccc(Cl)cc2)cc1Br. The first-order valence-electron chi connectivity index (χ1n) is 6.97. The summed E-state index contributed by atoms with van der Waals surface area (Å²) in [4.78, 5) is 11.8. The van der Waals surface area contributed by atoms with Crippen LogP contribution in [0.15, 0.2) is 50.4 Å². The number of amides is 1. The lowest BCUT2D eigenvalue weighted by atomic mass is 10.1. The van der Waals surface area contributed by atoms with Crippen LogP contribution in [0.2, 0.25) is 5.02 Å². The Morgan fingerprint density at radius 3 is 2.43 bits per heavy atom. The van der Waals surface area contributed by atoms with Crippen LogP contribution in [-0.2, 0) is 11.2 Å². The van der Waals surface area contributed by atoms with Gasteiger partial charge in [0, 0.05) is 20.4 Å². The Kier molecular flexibility index (Phi) is 6.81. The number of hydrogen-bond donors (Lipinski definition) is 1. The summed E-state index contributed by atoms with van der Waals surface area (Å²) in [7, 11) is 0. The first kappa shape index (κ1) is 18.2. The second-order valence-corrected chi connectivity index (χ2v) is 7.17. The highest BCUT2D eigenvalue weighted by atomic mass is 79.9. The molecule has 2 aromatic rings. The van der Waals surface area contributed by atoms with E-state index in [1.807, 2.05) is 43.3 Å². The van der Waals surface area contributed by atoms with Crippen molar-refractivity contribution in [1.82, 2.24) is 5.43 Å². The highest BCUT2D eigenvalue weighted by Gasteiger charge is 2.03. The minimum absolute atomic E-state index is 0.124. The summed E-state index contributed by atoms with van der Waals surface area (Å²) in [5.74, 6) is -0.124. The van der Waals surface area contributed by atoms with Gasteiger partial charge in [-0.3, -0.25) is 4.79 Å². The summed E-state index contributed by atoms with van der Waals surface area (Å²) < 4.78 is 1.98. The largest absolute Gasteiger partial charge is 0.273 e. The Labute approximate surface area is 157 Å². The fourth-order valence-corrected chi connectivity index (χ4v) is 3.23. The van der Waals surface area contributed by atoms with Gasteiger partial charge in [-0.15, -0.1) is 0 Å². The van der Waals surface area contributed by atoms with Crippen LogP contribution in [0.3, 0.4) is 0 Å². The van der Waals surface area contributed by atoms with Gasteiger partial charge in [0.05, 0.1) is 6.21 Å². The molecule has 120 valence electrons. The molecule has 1 N–H and O–H groups in total. The van der Waals surface area contributed by atoms with Crippen LogP contribution in [0.4, 0.5) is 0 Å². The number of benzene rings is 2. The number of carbonyl (C=O) groups is 1. The van der Waals surface area contributed by atoms with Gasteiger partial charge >= 0.3 is 0 Å². The molecular formula is C17H15Br2ClN2O. The lowest BCUT2D eigenvalue weighted by Crippen LogP contribution is -2.17. The Morgan fingerprint density at radius 2 is 1.83 bits per heavy atom. The third-order valence-corrected chi connectivity index (χ3v) is 5.16. The fourth-order valence-electron chi connectivity index (χ4n) is 1.88. The molecule has 0 unspecified atom stereocenters. The number of rotatable bonds is 5. The summed E-state index contributed by atoms with van der Waals surface area (Å²) in [6.07, 6.45) is 2.65. The average molecular weight is 459 g/mol. The number of hydrogen-bond acceptors (Lipinski definition) is 2. The van der Waals surface area contributed by atoms with E-state index < -0.39 is 0 Å². The van der Waals surface area contributed by atoms with E-state index in [4.69, 9.17) is 11.6 Å². The van der Waals surface area contributed by atoms with Crippen molar-refractivity contribution in [3.63, 3.8) is 0 Å². The number of nitrogens with zero attached hydrogens (tertiary/aromatic N) is 1. The second-order valence-electron chi connectivity index (χ2n) is 5.03. The third kappa shape index (κ3) is 5.75. The number of nitrogens with one attached hydrogen (secondary N) is 1. The second kappa shape index (κ2) is 8.62. The molecule has 6 heteroatoms. The molecule has 0 bridgehead atoms. The predicted octanol–water partition coefficient (Wildman–Crippen LogP) is 5.26. The maximum atomic E-state index is 11.8. The van der Waals surface area contributed by atoms with Gasteiger partial charge in [0.1, 0.15) is 0 Å². The Bertz CT molecular complexity index is 707. The molecule has 0 aliphatic heterocycles. The predicted molar refractivity (Wildman–Crippen MR) is 102 cm³/mol. The Morgan fingerprint density at radius 1 is 1.22 bits per heavy atom. The van der Waals surface area contributed by atoms with E-state index in [9.17, 15) is 4.79 Å². The molecule has 0 heterocycles. The fraction of sp³-hybridized carbons (Fsp3) is 0.176. The topological polar surface area (TPSA) is 41.5 Å². The van der Waals surface area contributed by atoms with Crippen molar-refractivity contribution in [3.05, 3.63) is 67.1 Å². The van der Waals surface area contributed by atoms with Crippen molar-refractivity contribution in [1.29, 1.82) is 0 Å². The molecule has 0 fully saturated rings.